The second-order valence-electron chi connectivity index (χ2n) is 2.02. The van der Waals surface area contributed by atoms with Gasteiger partial charge in [-0.2, -0.15) is 0 Å². The van der Waals surface area contributed by atoms with Crippen LogP contribution in [0, 0.1) is 0 Å². The third-order valence-electron chi connectivity index (χ3n) is 1.26. The van der Waals surface area contributed by atoms with Crippen LogP contribution >= 0.6 is 15.9 Å². The maximum absolute atomic E-state index is 10.4. The van der Waals surface area contributed by atoms with Crippen molar-refractivity contribution in [2.24, 2.45) is 0 Å². The molecule has 1 N–H and O–H groups in total. The Kier molecular flexibility index (Phi) is 2.23. The molecule has 1 rings (SSSR count). The molecule has 11 heavy (non-hydrogen) atoms. The SMILES string of the molecule is CC(C(=O)O)n1nncc1Br. The number of aromatic nitrogens is 3. The lowest BCUT2D eigenvalue weighted by molar-refractivity contribution is -0.140. The summed E-state index contributed by atoms with van der Waals surface area (Å²) in [6.45, 7) is 1.53. The van der Waals surface area contributed by atoms with Crippen molar-refractivity contribution in [3.8, 4) is 0 Å². The van der Waals surface area contributed by atoms with Gasteiger partial charge in [-0.05, 0) is 22.9 Å². The summed E-state index contributed by atoms with van der Waals surface area (Å²) < 4.78 is 1.84. The molecule has 1 heterocycles. The number of hydrogen-bond acceptors (Lipinski definition) is 3. The zero-order valence-corrected chi connectivity index (χ0v) is 7.32. The third kappa shape index (κ3) is 1.56. The van der Waals surface area contributed by atoms with E-state index in [-0.39, 0.29) is 0 Å². The number of rotatable bonds is 2. The van der Waals surface area contributed by atoms with E-state index in [1.54, 1.807) is 0 Å². The van der Waals surface area contributed by atoms with E-state index in [2.05, 4.69) is 26.2 Å². The van der Waals surface area contributed by atoms with Gasteiger partial charge in [0.05, 0.1) is 6.20 Å². The van der Waals surface area contributed by atoms with Gasteiger partial charge in [0, 0.05) is 0 Å². The molecule has 0 saturated carbocycles. The third-order valence-corrected chi connectivity index (χ3v) is 1.82. The Morgan fingerprint density at radius 2 is 2.55 bits per heavy atom. The first kappa shape index (κ1) is 8.19. The van der Waals surface area contributed by atoms with E-state index >= 15 is 0 Å². The first-order valence-corrected chi connectivity index (χ1v) is 3.70. The molecule has 60 valence electrons. The summed E-state index contributed by atoms with van der Waals surface area (Å²) in [6.07, 6.45) is 1.44. The van der Waals surface area contributed by atoms with Gasteiger partial charge in [0.2, 0.25) is 0 Å². The van der Waals surface area contributed by atoms with Gasteiger partial charge in [0.25, 0.3) is 0 Å². The molecule has 5 nitrogen and oxygen atoms in total. The number of nitrogens with zero attached hydrogens (tertiary/aromatic N) is 3. The molecule has 1 aromatic heterocycles. The van der Waals surface area contributed by atoms with Crippen LogP contribution in [-0.4, -0.2) is 26.1 Å². The summed E-state index contributed by atoms with van der Waals surface area (Å²) in [5.41, 5.74) is 0. The van der Waals surface area contributed by atoms with Crippen molar-refractivity contribution in [2.45, 2.75) is 13.0 Å². The van der Waals surface area contributed by atoms with E-state index in [0.29, 0.717) is 4.60 Å². The van der Waals surface area contributed by atoms with E-state index in [0.717, 1.165) is 0 Å². The summed E-state index contributed by atoms with van der Waals surface area (Å²) >= 11 is 3.11. The molecule has 1 unspecified atom stereocenters. The van der Waals surface area contributed by atoms with Crippen molar-refractivity contribution in [1.29, 1.82) is 0 Å². The van der Waals surface area contributed by atoms with Crippen molar-refractivity contribution in [1.82, 2.24) is 15.0 Å². The summed E-state index contributed by atoms with van der Waals surface area (Å²) in [6, 6.07) is -0.688. The van der Waals surface area contributed by atoms with Gasteiger partial charge in [-0.1, -0.05) is 5.21 Å². The maximum atomic E-state index is 10.4. The standard InChI is InChI=1S/C5H6BrN3O2/c1-3(5(10)11)9-4(6)2-7-8-9/h2-3H,1H3,(H,10,11). The molecule has 0 aliphatic carbocycles. The largest absolute Gasteiger partial charge is 0.480 e. The van der Waals surface area contributed by atoms with E-state index in [4.69, 9.17) is 5.11 Å². The zero-order chi connectivity index (χ0) is 8.43. The molecule has 0 amide bonds. The van der Waals surface area contributed by atoms with Gasteiger partial charge in [-0.3, -0.25) is 0 Å². The number of hydrogen-bond donors (Lipinski definition) is 1. The average molecular weight is 220 g/mol. The van der Waals surface area contributed by atoms with Crippen molar-refractivity contribution < 1.29 is 9.90 Å². The Labute approximate surface area is 71.1 Å². The number of carbonyl (C=O) groups is 1. The lowest BCUT2D eigenvalue weighted by Crippen LogP contribution is -2.17. The predicted molar refractivity (Wildman–Crippen MR) is 40.1 cm³/mol. The molecule has 0 aromatic carbocycles. The Bertz CT molecular complexity index is 272. The second-order valence-corrected chi connectivity index (χ2v) is 2.83. The van der Waals surface area contributed by atoms with Crippen LogP contribution < -0.4 is 0 Å². The molecule has 0 spiro atoms. The summed E-state index contributed by atoms with van der Waals surface area (Å²) in [4.78, 5) is 10.4. The number of halogens is 1. The minimum absolute atomic E-state index is 0.562. The summed E-state index contributed by atoms with van der Waals surface area (Å²) in [5, 5.41) is 15.7. The van der Waals surface area contributed by atoms with Crippen LogP contribution in [0.25, 0.3) is 0 Å². The van der Waals surface area contributed by atoms with Crippen molar-refractivity contribution in [3.05, 3.63) is 10.8 Å². The van der Waals surface area contributed by atoms with Crippen LogP contribution in [0.4, 0.5) is 0 Å². The Morgan fingerprint density at radius 3 is 2.91 bits per heavy atom. The van der Waals surface area contributed by atoms with Crippen LogP contribution in [0.2, 0.25) is 0 Å². The lowest BCUT2D eigenvalue weighted by atomic mass is 10.4. The summed E-state index contributed by atoms with van der Waals surface area (Å²) in [7, 11) is 0. The molecule has 0 bridgehead atoms. The van der Waals surface area contributed by atoms with Crippen molar-refractivity contribution in [2.75, 3.05) is 0 Å². The topological polar surface area (TPSA) is 68.0 Å². The van der Waals surface area contributed by atoms with E-state index < -0.39 is 12.0 Å². The quantitative estimate of drug-likeness (QED) is 0.795. The molecule has 0 aliphatic heterocycles. The molecule has 0 aliphatic rings. The van der Waals surface area contributed by atoms with Gasteiger partial charge in [0.1, 0.15) is 10.6 Å². The summed E-state index contributed by atoms with van der Waals surface area (Å²) in [5.74, 6) is -0.934. The molecule has 6 heteroatoms. The number of aliphatic carboxylic acids is 1. The Balaban J connectivity index is 2.92. The van der Waals surface area contributed by atoms with Crippen LogP contribution in [0.5, 0.6) is 0 Å². The monoisotopic (exact) mass is 219 g/mol. The van der Waals surface area contributed by atoms with Gasteiger partial charge in [0.15, 0.2) is 0 Å². The maximum Gasteiger partial charge on any atom is 0.328 e. The molecule has 1 atom stereocenters. The van der Waals surface area contributed by atoms with E-state index in [1.807, 2.05) is 0 Å². The van der Waals surface area contributed by atoms with Crippen LogP contribution in [0.1, 0.15) is 13.0 Å². The Hall–Kier alpha value is -0.910. The van der Waals surface area contributed by atoms with Gasteiger partial charge < -0.3 is 5.11 Å². The van der Waals surface area contributed by atoms with Gasteiger partial charge in [-0.25, -0.2) is 9.48 Å². The fourth-order valence-corrected chi connectivity index (χ4v) is 1.07. The first-order chi connectivity index (χ1) is 5.13. The zero-order valence-electron chi connectivity index (χ0n) is 5.73. The smallest absolute Gasteiger partial charge is 0.328 e. The fourth-order valence-electron chi connectivity index (χ4n) is 0.598. The van der Waals surface area contributed by atoms with Crippen LogP contribution in [0.15, 0.2) is 10.8 Å². The lowest BCUT2D eigenvalue weighted by Gasteiger charge is -2.05. The first-order valence-electron chi connectivity index (χ1n) is 2.91. The van der Waals surface area contributed by atoms with Gasteiger partial charge in [-0.15, -0.1) is 5.10 Å². The normalized spacial score (nSPS) is 12.9. The molecule has 1 aromatic rings. The highest BCUT2D eigenvalue weighted by molar-refractivity contribution is 9.10. The highest BCUT2D eigenvalue weighted by Crippen LogP contribution is 2.12. The molecular weight excluding hydrogens is 214 g/mol. The average Bonchev–Trinajstić information content (AvgIpc) is 2.33. The number of carboxylic acid groups (broad SMARTS) is 1. The highest BCUT2D eigenvalue weighted by atomic mass is 79.9. The minimum atomic E-state index is -0.934. The minimum Gasteiger partial charge on any atom is -0.480 e. The number of carboxylic acids is 1. The van der Waals surface area contributed by atoms with Crippen LogP contribution in [-0.2, 0) is 4.79 Å². The van der Waals surface area contributed by atoms with Crippen molar-refractivity contribution in [3.63, 3.8) is 0 Å². The molecule has 0 saturated heterocycles. The predicted octanol–water partition coefficient (Wildman–Crippen LogP) is 0.686. The Morgan fingerprint density at radius 1 is 1.91 bits per heavy atom. The van der Waals surface area contributed by atoms with Gasteiger partial charge >= 0.3 is 5.97 Å². The fraction of sp³-hybridized carbons (Fsp3) is 0.400. The molecule has 0 radical (unpaired) electrons. The second kappa shape index (κ2) is 3.00. The highest BCUT2D eigenvalue weighted by Gasteiger charge is 2.15. The van der Waals surface area contributed by atoms with E-state index in [9.17, 15) is 4.79 Å². The molecule has 0 fully saturated rings. The van der Waals surface area contributed by atoms with Crippen LogP contribution in [0.3, 0.4) is 0 Å². The van der Waals surface area contributed by atoms with E-state index in [1.165, 1.54) is 17.8 Å². The van der Waals surface area contributed by atoms with Crippen molar-refractivity contribution >= 4 is 21.9 Å². The molecular formula is C5H6BrN3O2.